The SMILES string of the molecule is CN1CCCC1C(=O)N1CCC(c2ccn3nccc3n2)CC1. The lowest BCUT2D eigenvalue weighted by Gasteiger charge is -2.34. The molecule has 0 aliphatic carbocycles. The number of carbonyl (C=O) groups is 1. The molecule has 1 atom stereocenters. The second kappa shape index (κ2) is 5.92. The van der Waals surface area contributed by atoms with Crippen LogP contribution in [0.1, 0.15) is 37.3 Å². The van der Waals surface area contributed by atoms with Gasteiger partial charge in [-0.1, -0.05) is 0 Å². The normalized spacial score (nSPS) is 23.7. The fourth-order valence-corrected chi connectivity index (χ4v) is 3.88. The van der Waals surface area contributed by atoms with Gasteiger partial charge >= 0.3 is 0 Å². The summed E-state index contributed by atoms with van der Waals surface area (Å²) in [7, 11) is 2.06. The second-order valence-electron chi connectivity index (χ2n) is 6.72. The van der Waals surface area contributed by atoms with Crippen LogP contribution in [-0.2, 0) is 4.79 Å². The van der Waals surface area contributed by atoms with E-state index in [4.69, 9.17) is 4.98 Å². The average Bonchev–Trinajstić information content (AvgIpc) is 3.22. The number of piperidine rings is 1. The molecular weight excluding hydrogens is 290 g/mol. The molecule has 0 radical (unpaired) electrons. The lowest BCUT2D eigenvalue weighted by Crippen LogP contribution is -2.47. The topological polar surface area (TPSA) is 53.7 Å². The molecule has 0 spiro atoms. The zero-order valence-corrected chi connectivity index (χ0v) is 13.6. The smallest absolute Gasteiger partial charge is 0.239 e. The molecule has 6 heteroatoms. The molecule has 4 heterocycles. The van der Waals surface area contributed by atoms with Crippen molar-refractivity contribution >= 4 is 11.6 Å². The van der Waals surface area contributed by atoms with Crippen LogP contribution in [-0.4, -0.2) is 63.0 Å². The highest BCUT2D eigenvalue weighted by molar-refractivity contribution is 5.82. The lowest BCUT2D eigenvalue weighted by molar-refractivity contribution is -0.136. The number of aromatic nitrogens is 3. The van der Waals surface area contributed by atoms with Gasteiger partial charge in [-0.2, -0.15) is 5.10 Å². The molecule has 0 saturated carbocycles. The summed E-state index contributed by atoms with van der Waals surface area (Å²) in [5, 5.41) is 4.19. The van der Waals surface area contributed by atoms with Gasteiger partial charge in [-0.05, 0) is 45.3 Å². The largest absolute Gasteiger partial charge is 0.341 e. The molecule has 2 aromatic rings. The van der Waals surface area contributed by atoms with Crippen molar-refractivity contribution in [3.63, 3.8) is 0 Å². The first-order valence-electron chi connectivity index (χ1n) is 8.52. The Kier molecular flexibility index (Phi) is 3.77. The zero-order valence-electron chi connectivity index (χ0n) is 13.6. The first kappa shape index (κ1) is 14.6. The molecule has 1 unspecified atom stereocenters. The van der Waals surface area contributed by atoms with E-state index < -0.39 is 0 Å². The van der Waals surface area contributed by atoms with Crippen molar-refractivity contribution in [1.82, 2.24) is 24.4 Å². The minimum atomic E-state index is 0.104. The van der Waals surface area contributed by atoms with Gasteiger partial charge in [-0.25, -0.2) is 9.50 Å². The van der Waals surface area contributed by atoms with Crippen molar-refractivity contribution in [3.8, 4) is 0 Å². The van der Waals surface area contributed by atoms with Crippen LogP contribution in [0.2, 0.25) is 0 Å². The molecule has 23 heavy (non-hydrogen) atoms. The lowest BCUT2D eigenvalue weighted by atomic mass is 9.93. The summed E-state index contributed by atoms with van der Waals surface area (Å²) >= 11 is 0. The third kappa shape index (κ3) is 2.72. The monoisotopic (exact) mass is 313 g/mol. The van der Waals surface area contributed by atoms with Gasteiger partial charge in [0.05, 0.1) is 12.2 Å². The fraction of sp³-hybridized carbons (Fsp3) is 0.588. The number of amides is 1. The van der Waals surface area contributed by atoms with Gasteiger partial charge in [0, 0.05) is 37.0 Å². The molecule has 2 aliphatic heterocycles. The van der Waals surface area contributed by atoms with Gasteiger partial charge in [-0.3, -0.25) is 9.69 Å². The van der Waals surface area contributed by atoms with Crippen molar-refractivity contribution in [1.29, 1.82) is 0 Å². The number of hydrogen-bond donors (Lipinski definition) is 0. The van der Waals surface area contributed by atoms with E-state index in [1.165, 1.54) is 0 Å². The van der Waals surface area contributed by atoms with Crippen LogP contribution in [0.25, 0.3) is 5.65 Å². The number of likely N-dealkylation sites (N-methyl/N-ethyl adjacent to an activating group) is 1. The standard InChI is InChI=1S/C17H23N5O/c1-20-9-2-3-15(20)17(23)21-10-5-13(6-11-21)14-7-12-22-16(19-14)4-8-18-22/h4,7-8,12-13,15H,2-3,5-6,9-11H2,1H3. The molecule has 122 valence electrons. The van der Waals surface area contributed by atoms with E-state index in [1.807, 2.05) is 12.3 Å². The maximum Gasteiger partial charge on any atom is 0.239 e. The van der Waals surface area contributed by atoms with E-state index in [0.717, 1.165) is 56.7 Å². The maximum atomic E-state index is 12.7. The Bertz CT molecular complexity index is 704. The van der Waals surface area contributed by atoms with Crippen molar-refractivity contribution in [2.24, 2.45) is 0 Å². The van der Waals surface area contributed by atoms with Gasteiger partial charge in [0.15, 0.2) is 5.65 Å². The summed E-state index contributed by atoms with van der Waals surface area (Å²) in [6.07, 6.45) is 7.89. The average molecular weight is 313 g/mol. The number of carbonyl (C=O) groups excluding carboxylic acids is 1. The minimum absolute atomic E-state index is 0.104. The Balaban J connectivity index is 1.41. The summed E-state index contributed by atoms with van der Waals surface area (Å²) in [4.78, 5) is 21.6. The third-order valence-electron chi connectivity index (χ3n) is 5.31. The van der Waals surface area contributed by atoms with Gasteiger partial charge in [0.2, 0.25) is 5.91 Å². The van der Waals surface area contributed by atoms with E-state index >= 15 is 0 Å². The van der Waals surface area contributed by atoms with E-state index in [1.54, 1.807) is 10.7 Å². The third-order valence-corrected chi connectivity index (χ3v) is 5.31. The predicted octanol–water partition coefficient (Wildman–Crippen LogP) is 1.53. The number of nitrogens with zero attached hydrogens (tertiary/aromatic N) is 5. The molecule has 2 saturated heterocycles. The molecule has 0 N–H and O–H groups in total. The molecule has 4 rings (SSSR count). The van der Waals surface area contributed by atoms with Gasteiger partial charge in [0.25, 0.3) is 0 Å². The summed E-state index contributed by atoms with van der Waals surface area (Å²) in [5.74, 6) is 0.767. The Hall–Kier alpha value is -1.95. The highest BCUT2D eigenvalue weighted by Crippen LogP contribution is 2.28. The van der Waals surface area contributed by atoms with Crippen LogP contribution in [0, 0.1) is 0 Å². The van der Waals surface area contributed by atoms with Gasteiger partial charge in [0.1, 0.15) is 0 Å². The second-order valence-corrected chi connectivity index (χ2v) is 6.72. The van der Waals surface area contributed by atoms with Gasteiger partial charge in [-0.15, -0.1) is 0 Å². The highest BCUT2D eigenvalue weighted by atomic mass is 16.2. The first-order chi connectivity index (χ1) is 11.2. The Labute approximate surface area is 136 Å². The van der Waals surface area contributed by atoms with E-state index in [2.05, 4.69) is 28.0 Å². The molecule has 2 aliphatic rings. The Morgan fingerprint density at radius 2 is 2.00 bits per heavy atom. The molecule has 0 bridgehead atoms. The number of fused-ring (bicyclic) bond motifs is 1. The van der Waals surface area contributed by atoms with Crippen molar-refractivity contribution < 1.29 is 4.79 Å². The van der Waals surface area contributed by atoms with Crippen LogP contribution in [0.15, 0.2) is 24.5 Å². The minimum Gasteiger partial charge on any atom is -0.341 e. The molecule has 2 aromatic heterocycles. The molecule has 0 aromatic carbocycles. The number of rotatable bonds is 2. The van der Waals surface area contributed by atoms with Crippen LogP contribution in [0.3, 0.4) is 0 Å². The molecule has 1 amide bonds. The summed E-state index contributed by atoms with van der Waals surface area (Å²) in [5.41, 5.74) is 2.02. The van der Waals surface area contributed by atoms with Crippen molar-refractivity contribution in [2.75, 3.05) is 26.7 Å². The van der Waals surface area contributed by atoms with E-state index in [0.29, 0.717) is 11.8 Å². The summed E-state index contributed by atoms with van der Waals surface area (Å²) < 4.78 is 1.79. The summed E-state index contributed by atoms with van der Waals surface area (Å²) in [6.45, 7) is 2.74. The predicted molar refractivity (Wildman–Crippen MR) is 87.2 cm³/mol. The van der Waals surface area contributed by atoms with Crippen molar-refractivity contribution in [3.05, 3.63) is 30.2 Å². The summed E-state index contributed by atoms with van der Waals surface area (Å²) in [6, 6.07) is 4.10. The van der Waals surface area contributed by atoms with Gasteiger partial charge < -0.3 is 4.90 Å². The van der Waals surface area contributed by atoms with E-state index in [9.17, 15) is 4.79 Å². The first-order valence-corrected chi connectivity index (χ1v) is 8.52. The zero-order chi connectivity index (χ0) is 15.8. The van der Waals surface area contributed by atoms with Crippen LogP contribution >= 0.6 is 0 Å². The quantitative estimate of drug-likeness (QED) is 0.844. The fourth-order valence-electron chi connectivity index (χ4n) is 3.88. The maximum absolute atomic E-state index is 12.7. The van der Waals surface area contributed by atoms with E-state index in [-0.39, 0.29) is 6.04 Å². The Morgan fingerprint density at radius 1 is 1.17 bits per heavy atom. The number of likely N-dealkylation sites (tertiary alicyclic amines) is 2. The van der Waals surface area contributed by atoms with Crippen molar-refractivity contribution in [2.45, 2.75) is 37.6 Å². The van der Waals surface area contributed by atoms with Crippen LogP contribution < -0.4 is 0 Å². The molecule has 2 fully saturated rings. The highest BCUT2D eigenvalue weighted by Gasteiger charge is 2.33. The Morgan fingerprint density at radius 3 is 2.74 bits per heavy atom. The molecular formula is C17H23N5O. The number of hydrogen-bond acceptors (Lipinski definition) is 4. The molecule has 6 nitrogen and oxygen atoms in total. The van der Waals surface area contributed by atoms with Crippen LogP contribution in [0.5, 0.6) is 0 Å². The van der Waals surface area contributed by atoms with Crippen LogP contribution in [0.4, 0.5) is 0 Å².